The summed E-state index contributed by atoms with van der Waals surface area (Å²) in [5.41, 5.74) is 0.956. The van der Waals surface area contributed by atoms with Crippen molar-refractivity contribution in [1.82, 2.24) is 9.88 Å². The summed E-state index contributed by atoms with van der Waals surface area (Å²) in [5.74, 6) is 0.804. The molecular weight excluding hydrogens is 240 g/mol. The van der Waals surface area contributed by atoms with Crippen molar-refractivity contribution in [2.75, 3.05) is 13.7 Å². The van der Waals surface area contributed by atoms with Gasteiger partial charge in [0.05, 0.1) is 13.5 Å². The molecule has 1 N–H and O–H groups in total. The maximum atomic E-state index is 11.8. The Morgan fingerprint density at radius 2 is 2.05 bits per heavy atom. The van der Waals surface area contributed by atoms with Gasteiger partial charge in [-0.25, -0.2) is 0 Å². The molecule has 1 aromatic carbocycles. The Kier molecular flexibility index (Phi) is 4.61. The van der Waals surface area contributed by atoms with Gasteiger partial charge < -0.3 is 14.6 Å². The highest BCUT2D eigenvalue weighted by Crippen LogP contribution is 2.12. The van der Waals surface area contributed by atoms with Crippen molar-refractivity contribution in [1.29, 1.82) is 0 Å². The second-order valence-electron chi connectivity index (χ2n) is 4.30. The topological polar surface area (TPSA) is 43.3 Å². The summed E-state index contributed by atoms with van der Waals surface area (Å²) in [6, 6.07) is 11.5. The van der Waals surface area contributed by atoms with E-state index in [2.05, 4.69) is 5.32 Å². The molecule has 0 saturated carbocycles. The second kappa shape index (κ2) is 6.64. The van der Waals surface area contributed by atoms with Gasteiger partial charge in [0, 0.05) is 25.5 Å². The van der Waals surface area contributed by atoms with Crippen molar-refractivity contribution in [3.05, 3.63) is 54.4 Å². The number of rotatable bonds is 6. The number of aromatic nitrogens is 1. The molecule has 0 saturated heterocycles. The highest BCUT2D eigenvalue weighted by molar-refractivity contribution is 5.78. The zero-order valence-corrected chi connectivity index (χ0v) is 11.0. The molecule has 1 amide bonds. The van der Waals surface area contributed by atoms with Gasteiger partial charge >= 0.3 is 0 Å². The summed E-state index contributed by atoms with van der Waals surface area (Å²) in [4.78, 5) is 11.8. The van der Waals surface area contributed by atoms with E-state index in [4.69, 9.17) is 4.74 Å². The van der Waals surface area contributed by atoms with Crippen molar-refractivity contribution >= 4 is 5.91 Å². The average molecular weight is 258 g/mol. The van der Waals surface area contributed by atoms with E-state index in [0.717, 1.165) is 17.9 Å². The van der Waals surface area contributed by atoms with Gasteiger partial charge in [0.1, 0.15) is 5.75 Å². The lowest BCUT2D eigenvalue weighted by atomic mass is 10.1. The van der Waals surface area contributed by atoms with Gasteiger partial charge in [0.25, 0.3) is 0 Å². The summed E-state index contributed by atoms with van der Waals surface area (Å²) < 4.78 is 7.17. The lowest BCUT2D eigenvalue weighted by Gasteiger charge is -2.07. The van der Waals surface area contributed by atoms with Gasteiger partial charge in [0.2, 0.25) is 5.91 Å². The number of carbonyl (C=O) groups excluding carboxylic acids is 1. The number of amides is 1. The molecule has 0 fully saturated rings. The molecule has 100 valence electrons. The minimum Gasteiger partial charge on any atom is -0.497 e. The first-order valence-electron chi connectivity index (χ1n) is 6.28. The van der Waals surface area contributed by atoms with Crippen molar-refractivity contribution in [2.45, 2.75) is 13.0 Å². The molecule has 2 rings (SSSR count). The lowest BCUT2D eigenvalue weighted by Crippen LogP contribution is -2.28. The molecule has 0 radical (unpaired) electrons. The van der Waals surface area contributed by atoms with Crippen LogP contribution >= 0.6 is 0 Å². The molecule has 0 bridgehead atoms. The highest BCUT2D eigenvalue weighted by Gasteiger charge is 2.03. The van der Waals surface area contributed by atoms with E-state index in [0.29, 0.717) is 13.0 Å². The van der Waals surface area contributed by atoms with E-state index in [1.54, 1.807) is 7.11 Å². The molecule has 1 heterocycles. The van der Waals surface area contributed by atoms with Gasteiger partial charge in [-0.2, -0.15) is 0 Å². The summed E-state index contributed by atoms with van der Waals surface area (Å²) >= 11 is 0. The predicted molar refractivity (Wildman–Crippen MR) is 74.1 cm³/mol. The number of hydrogen-bond donors (Lipinski definition) is 1. The standard InChI is InChI=1S/C15H18N2O2/c1-19-14-6-4-5-13(11-14)12-15(18)16-7-10-17-8-2-3-9-17/h2-6,8-9,11H,7,10,12H2,1H3,(H,16,18). The van der Waals surface area contributed by atoms with Crippen LogP contribution in [0.5, 0.6) is 5.75 Å². The molecule has 19 heavy (non-hydrogen) atoms. The van der Waals surface area contributed by atoms with E-state index in [9.17, 15) is 4.79 Å². The number of hydrogen-bond acceptors (Lipinski definition) is 2. The van der Waals surface area contributed by atoms with Gasteiger partial charge in [-0.1, -0.05) is 12.1 Å². The fourth-order valence-corrected chi connectivity index (χ4v) is 1.87. The fraction of sp³-hybridized carbons (Fsp3) is 0.267. The molecule has 4 heteroatoms. The summed E-state index contributed by atoms with van der Waals surface area (Å²) in [7, 11) is 1.62. The van der Waals surface area contributed by atoms with Crippen molar-refractivity contribution in [2.24, 2.45) is 0 Å². The first-order valence-corrected chi connectivity index (χ1v) is 6.28. The van der Waals surface area contributed by atoms with Crippen LogP contribution in [0.25, 0.3) is 0 Å². The maximum Gasteiger partial charge on any atom is 0.224 e. The van der Waals surface area contributed by atoms with Crippen LogP contribution in [-0.2, 0) is 17.8 Å². The van der Waals surface area contributed by atoms with Crippen molar-refractivity contribution in [3.8, 4) is 5.75 Å². The van der Waals surface area contributed by atoms with Crippen LogP contribution < -0.4 is 10.1 Å². The Morgan fingerprint density at radius 3 is 2.79 bits per heavy atom. The summed E-state index contributed by atoms with van der Waals surface area (Å²) in [6.45, 7) is 1.42. The number of nitrogens with one attached hydrogen (secondary N) is 1. The Bertz CT molecular complexity index is 521. The van der Waals surface area contributed by atoms with E-state index >= 15 is 0 Å². The molecule has 0 atom stereocenters. The summed E-state index contributed by atoms with van der Waals surface area (Å²) in [5, 5.41) is 2.91. The van der Waals surface area contributed by atoms with Crippen LogP contribution in [0, 0.1) is 0 Å². The average Bonchev–Trinajstić information content (AvgIpc) is 2.92. The zero-order chi connectivity index (χ0) is 13.5. The second-order valence-corrected chi connectivity index (χ2v) is 4.30. The number of nitrogens with zero attached hydrogens (tertiary/aromatic N) is 1. The van der Waals surface area contributed by atoms with Crippen LogP contribution in [0.15, 0.2) is 48.8 Å². The number of ether oxygens (including phenoxy) is 1. The van der Waals surface area contributed by atoms with E-state index in [1.807, 2.05) is 53.4 Å². The minimum absolute atomic E-state index is 0.0282. The van der Waals surface area contributed by atoms with Crippen LogP contribution in [0.1, 0.15) is 5.56 Å². The third-order valence-corrected chi connectivity index (χ3v) is 2.86. The van der Waals surface area contributed by atoms with E-state index in [-0.39, 0.29) is 5.91 Å². The Balaban J connectivity index is 1.77. The van der Waals surface area contributed by atoms with Gasteiger partial charge in [-0.3, -0.25) is 4.79 Å². The predicted octanol–water partition coefficient (Wildman–Crippen LogP) is 1.86. The smallest absolute Gasteiger partial charge is 0.224 e. The molecule has 0 aliphatic heterocycles. The van der Waals surface area contributed by atoms with E-state index in [1.165, 1.54) is 0 Å². The Hall–Kier alpha value is -2.23. The molecule has 0 unspecified atom stereocenters. The molecule has 4 nitrogen and oxygen atoms in total. The Labute approximate surface area is 113 Å². The van der Waals surface area contributed by atoms with Crippen LogP contribution in [0.4, 0.5) is 0 Å². The third-order valence-electron chi connectivity index (χ3n) is 2.86. The third kappa shape index (κ3) is 4.17. The first kappa shape index (κ1) is 13.2. The van der Waals surface area contributed by atoms with Crippen LogP contribution in [0.3, 0.4) is 0 Å². The normalized spacial score (nSPS) is 10.2. The largest absolute Gasteiger partial charge is 0.497 e. The molecule has 0 aliphatic carbocycles. The van der Waals surface area contributed by atoms with E-state index < -0.39 is 0 Å². The summed E-state index contributed by atoms with van der Waals surface area (Å²) in [6.07, 6.45) is 4.34. The van der Waals surface area contributed by atoms with Gasteiger partial charge in [-0.05, 0) is 29.8 Å². The fourth-order valence-electron chi connectivity index (χ4n) is 1.87. The van der Waals surface area contributed by atoms with Crippen LogP contribution in [-0.4, -0.2) is 24.1 Å². The first-order chi connectivity index (χ1) is 9.28. The highest BCUT2D eigenvalue weighted by atomic mass is 16.5. The van der Waals surface area contributed by atoms with Gasteiger partial charge in [-0.15, -0.1) is 0 Å². The van der Waals surface area contributed by atoms with Gasteiger partial charge in [0.15, 0.2) is 0 Å². The quantitative estimate of drug-likeness (QED) is 0.859. The lowest BCUT2D eigenvalue weighted by molar-refractivity contribution is -0.120. The molecule has 1 aromatic heterocycles. The van der Waals surface area contributed by atoms with Crippen molar-refractivity contribution < 1.29 is 9.53 Å². The number of carbonyl (C=O) groups is 1. The molecular formula is C15H18N2O2. The Morgan fingerprint density at radius 1 is 1.26 bits per heavy atom. The zero-order valence-electron chi connectivity index (χ0n) is 11.0. The minimum atomic E-state index is 0.0282. The monoisotopic (exact) mass is 258 g/mol. The van der Waals surface area contributed by atoms with Crippen LogP contribution in [0.2, 0.25) is 0 Å². The number of methoxy groups -OCH3 is 1. The SMILES string of the molecule is COc1cccc(CC(=O)NCCn2cccc2)c1. The molecule has 2 aromatic rings. The maximum absolute atomic E-state index is 11.8. The van der Waals surface area contributed by atoms with Crippen molar-refractivity contribution in [3.63, 3.8) is 0 Å². The molecule has 0 aliphatic rings. The number of benzene rings is 1. The molecule has 0 spiro atoms.